The molecule has 2 saturated heterocycles. The van der Waals surface area contributed by atoms with E-state index in [1.807, 2.05) is 0 Å². The zero-order valence-electron chi connectivity index (χ0n) is 20.7. The van der Waals surface area contributed by atoms with Crippen molar-refractivity contribution in [1.82, 2.24) is 5.32 Å². The fraction of sp³-hybridized carbons (Fsp3) is 0.481. The van der Waals surface area contributed by atoms with Gasteiger partial charge in [-0.05, 0) is 56.4 Å². The van der Waals surface area contributed by atoms with Crippen LogP contribution in [0, 0.1) is 5.92 Å². The summed E-state index contributed by atoms with van der Waals surface area (Å²) in [5.74, 6) is 0.928. The van der Waals surface area contributed by atoms with Crippen LogP contribution in [0.1, 0.15) is 38.2 Å². The summed E-state index contributed by atoms with van der Waals surface area (Å²) < 4.78 is 27.6. The Morgan fingerprint density at radius 3 is 2.60 bits per heavy atom. The van der Waals surface area contributed by atoms with E-state index in [0.717, 1.165) is 36.8 Å². The van der Waals surface area contributed by atoms with Crippen molar-refractivity contribution >= 4 is 18.0 Å². The maximum Gasteiger partial charge on any atom is 0.334 e. The Kier molecular flexibility index (Phi) is 7.21. The van der Waals surface area contributed by atoms with Crippen molar-refractivity contribution in [3.05, 3.63) is 47.6 Å². The van der Waals surface area contributed by atoms with Crippen LogP contribution in [-0.4, -0.2) is 57.6 Å². The Labute approximate surface area is 205 Å². The predicted octanol–water partition coefficient (Wildman–Crippen LogP) is 3.60. The lowest BCUT2D eigenvalue weighted by Gasteiger charge is -2.20. The number of carbonyl (C=O) groups is 2. The maximum absolute atomic E-state index is 12.5. The van der Waals surface area contributed by atoms with Gasteiger partial charge in [0.15, 0.2) is 11.5 Å². The van der Waals surface area contributed by atoms with Crippen LogP contribution in [0.3, 0.4) is 0 Å². The number of rotatable bonds is 7. The van der Waals surface area contributed by atoms with E-state index >= 15 is 0 Å². The lowest BCUT2D eigenvalue weighted by Crippen LogP contribution is -2.29. The van der Waals surface area contributed by atoms with Crippen LogP contribution in [-0.2, 0) is 19.1 Å². The number of esters is 1. The van der Waals surface area contributed by atoms with E-state index in [4.69, 9.17) is 23.7 Å². The first kappa shape index (κ1) is 24.9. The lowest BCUT2D eigenvalue weighted by atomic mass is 9.84. The van der Waals surface area contributed by atoms with Gasteiger partial charge in [0.1, 0.15) is 12.2 Å². The number of methoxy groups -OCH3 is 3. The topological polar surface area (TPSA) is 95.6 Å². The molecule has 4 atom stereocenters. The highest BCUT2D eigenvalue weighted by molar-refractivity contribution is 5.92. The van der Waals surface area contributed by atoms with Crippen molar-refractivity contribution in [3.8, 4) is 17.2 Å². The smallest absolute Gasteiger partial charge is 0.334 e. The number of nitrogens with one attached hydrogen (secondary N) is 1. The molecule has 1 amide bonds. The Bertz CT molecular complexity index is 1050. The Morgan fingerprint density at radius 2 is 1.94 bits per heavy atom. The summed E-state index contributed by atoms with van der Waals surface area (Å²) in [6, 6.07) is 3.55. The summed E-state index contributed by atoms with van der Waals surface area (Å²) >= 11 is 0. The molecular formula is C27H33NO7. The van der Waals surface area contributed by atoms with Crippen LogP contribution >= 0.6 is 0 Å². The lowest BCUT2D eigenvalue weighted by molar-refractivity contribution is -0.140. The monoisotopic (exact) mass is 483 g/mol. The van der Waals surface area contributed by atoms with E-state index < -0.39 is 0 Å². The number of hydrogen-bond acceptors (Lipinski definition) is 7. The number of carbonyl (C=O) groups excluding carboxylic acids is 2. The van der Waals surface area contributed by atoms with Crippen LogP contribution in [0.4, 0.5) is 0 Å². The van der Waals surface area contributed by atoms with Gasteiger partial charge in [-0.1, -0.05) is 18.2 Å². The van der Waals surface area contributed by atoms with Crippen LogP contribution in [0.15, 0.2) is 42.0 Å². The van der Waals surface area contributed by atoms with Gasteiger partial charge in [-0.25, -0.2) is 4.79 Å². The quantitative estimate of drug-likeness (QED) is 0.274. The molecule has 1 aromatic carbocycles. The van der Waals surface area contributed by atoms with Crippen LogP contribution in [0.5, 0.6) is 17.2 Å². The molecule has 0 radical (unpaired) electrons. The van der Waals surface area contributed by atoms with Crippen molar-refractivity contribution in [1.29, 1.82) is 0 Å². The van der Waals surface area contributed by atoms with Crippen molar-refractivity contribution < 1.29 is 33.3 Å². The molecule has 0 bridgehead atoms. The van der Waals surface area contributed by atoms with Gasteiger partial charge in [0, 0.05) is 24.1 Å². The van der Waals surface area contributed by atoms with Crippen LogP contribution in [0.25, 0.3) is 6.08 Å². The molecule has 0 unspecified atom stereocenters. The van der Waals surface area contributed by atoms with E-state index in [0.29, 0.717) is 29.4 Å². The second kappa shape index (κ2) is 10.2. The summed E-state index contributed by atoms with van der Waals surface area (Å²) in [4.78, 5) is 24.7. The third kappa shape index (κ3) is 5.22. The molecule has 0 saturated carbocycles. The average Bonchev–Trinajstić information content (AvgIpc) is 3.45. The van der Waals surface area contributed by atoms with E-state index in [1.165, 1.54) is 6.08 Å². The highest BCUT2D eigenvalue weighted by Crippen LogP contribution is 2.49. The van der Waals surface area contributed by atoms with E-state index in [-0.39, 0.29) is 35.6 Å². The second-order valence-corrected chi connectivity index (χ2v) is 9.30. The van der Waals surface area contributed by atoms with Crippen molar-refractivity contribution in [3.63, 3.8) is 0 Å². The molecule has 4 rings (SSSR count). The first-order chi connectivity index (χ1) is 16.8. The Morgan fingerprint density at radius 1 is 1.23 bits per heavy atom. The van der Waals surface area contributed by atoms with Crippen LogP contribution < -0.4 is 19.5 Å². The molecule has 2 aliphatic heterocycles. The summed E-state index contributed by atoms with van der Waals surface area (Å²) in [5, 5.41) is 2.96. The fourth-order valence-electron chi connectivity index (χ4n) is 4.91. The molecule has 188 valence electrons. The van der Waals surface area contributed by atoms with Gasteiger partial charge in [0.05, 0.1) is 26.9 Å². The van der Waals surface area contributed by atoms with Gasteiger partial charge >= 0.3 is 5.97 Å². The minimum atomic E-state index is -0.326. The van der Waals surface area contributed by atoms with Gasteiger partial charge in [-0.15, -0.1) is 0 Å². The predicted molar refractivity (Wildman–Crippen MR) is 130 cm³/mol. The summed E-state index contributed by atoms with van der Waals surface area (Å²) in [7, 11) is 4.64. The molecule has 8 nitrogen and oxygen atoms in total. The van der Waals surface area contributed by atoms with Gasteiger partial charge in [0.2, 0.25) is 11.7 Å². The number of amides is 1. The molecular weight excluding hydrogens is 450 g/mol. The SMILES string of the molecule is C=C1C(=O)O[C@H]2[C@H]1CC/C(CNC(=O)/C=C/c1cc(OC)c(OC)c(OC)c1)=C\CC[C@@]1(C)O[C@@H]21. The molecule has 8 heteroatoms. The zero-order chi connectivity index (χ0) is 25.2. The largest absolute Gasteiger partial charge is 0.493 e. The zero-order valence-corrected chi connectivity index (χ0v) is 20.7. The summed E-state index contributed by atoms with van der Waals surface area (Å²) in [5.41, 5.74) is 2.10. The molecule has 35 heavy (non-hydrogen) atoms. The van der Waals surface area contributed by atoms with E-state index in [1.54, 1.807) is 39.5 Å². The Hall–Kier alpha value is -3.26. The molecule has 0 spiro atoms. The fourth-order valence-corrected chi connectivity index (χ4v) is 4.91. The number of epoxide rings is 1. The minimum Gasteiger partial charge on any atom is -0.493 e. The number of hydrogen-bond donors (Lipinski definition) is 1. The number of ether oxygens (including phenoxy) is 5. The number of benzene rings is 1. The highest BCUT2D eigenvalue weighted by Gasteiger charge is 2.61. The third-order valence-electron chi connectivity index (χ3n) is 7.04. The maximum atomic E-state index is 12.5. The summed E-state index contributed by atoms with van der Waals surface area (Å²) in [6.45, 7) is 6.45. The Balaban J connectivity index is 1.39. The standard InChI is InChI=1S/C27H33NO7/c1-16-19-10-8-17(7-6-12-27(2)25(35-27)23(19)34-26(16)30)15-28-22(29)11-9-18-13-20(31-3)24(33-5)21(14-18)32-4/h7,9,11,13-14,19,23,25H,1,6,8,10,12,15H2,2-5H3,(H,28,29)/b11-9+,17-7+/t19-,23-,25-,27+/m0/s1. The highest BCUT2D eigenvalue weighted by atomic mass is 16.6. The third-order valence-corrected chi connectivity index (χ3v) is 7.04. The van der Waals surface area contributed by atoms with Gasteiger partial charge in [0.25, 0.3) is 0 Å². The van der Waals surface area contributed by atoms with Gasteiger partial charge < -0.3 is 29.0 Å². The molecule has 2 heterocycles. The normalized spacial score (nSPS) is 29.4. The average molecular weight is 484 g/mol. The number of fused-ring (bicyclic) bond motifs is 3. The molecule has 0 aromatic heterocycles. The van der Waals surface area contributed by atoms with Crippen molar-refractivity contribution in [2.45, 2.75) is 50.4 Å². The minimum absolute atomic E-state index is 0.0635. The first-order valence-corrected chi connectivity index (χ1v) is 11.8. The summed E-state index contributed by atoms with van der Waals surface area (Å²) in [6.07, 6.45) is 8.17. The number of allylic oxidation sites excluding steroid dienone is 1. The molecule has 3 aliphatic rings. The van der Waals surface area contributed by atoms with Crippen LogP contribution in [0.2, 0.25) is 0 Å². The molecule has 1 aromatic rings. The van der Waals surface area contributed by atoms with Gasteiger partial charge in [-0.3, -0.25) is 4.79 Å². The molecule has 2 fully saturated rings. The van der Waals surface area contributed by atoms with E-state index in [2.05, 4.69) is 24.9 Å². The molecule has 1 N–H and O–H groups in total. The van der Waals surface area contributed by atoms with Gasteiger partial charge in [-0.2, -0.15) is 0 Å². The second-order valence-electron chi connectivity index (χ2n) is 9.30. The van der Waals surface area contributed by atoms with Crippen molar-refractivity contribution in [2.24, 2.45) is 5.92 Å². The van der Waals surface area contributed by atoms with E-state index in [9.17, 15) is 9.59 Å². The van der Waals surface area contributed by atoms with Crippen molar-refractivity contribution in [2.75, 3.05) is 27.9 Å². The first-order valence-electron chi connectivity index (χ1n) is 11.8. The molecule has 1 aliphatic carbocycles.